The zero-order valence-electron chi connectivity index (χ0n) is 12.0. The van der Waals surface area contributed by atoms with Gasteiger partial charge in [0.2, 0.25) is 0 Å². The molecule has 1 fully saturated rings. The van der Waals surface area contributed by atoms with Gasteiger partial charge >= 0.3 is 5.97 Å². The maximum Gasteiger partial charge on any atom is 0.320 e. The van der Waals surface area contributed by atoms with Gasteiger partial charge in [0.15, 0.2) is 0 Å². The second-order valence-electron chi connectivity index (χ2n) is 5.52. The molecule has 0 bridgehead atoms. The maximum absolute atomic E-state index is 11.4. The summed E-state index contributed by atoms with van der Waals surface area (Å²) in [5, 5.41) is 9.36. The quantitative estimate of drug-likeness (QED) is 0.904. The molecule has 3 nitrogen and oxygen atoms in total. The first-order valence-electron chi connectivity index (χ1n) is 7.10. The second-order valence-corrected chi connectivity index (χ2v) is 5.52. The molecule has 1 heterocycles. The van der Waals surface area contributed by atoms with E-state index in [1.165, 1.54) is 16.7 Å². The topological polar surface area (TPSA) is 40.5 Å². The lowest BCUT2D eigenvalue weighted by atomic mass is 9.95. The first-order chi connectivity index (χ1) is 9.04. The molecule has 1 aliphatic heterocycles. The Bertz CT molecular complexity index is 470. The Labute approximate surface area is 115 Å². The van der Waals surface area contributed by atoms with E-state index < -0.39 is 5.97 Å². The molecule has 1 aromatic carbocycles. The van der Waals surface area contributed by atoms with Crippen molar-refractivity contribution in [2.24, 2.45) is 0 Å². The van der Waals surface area contributed by atoms with E-state index in [1.54, 1.807) is 0 Å². The van der Waals surface area contributed by atoms with Gasteiger partial charge in [-0.05, 0) is 50.8 Å². The Kier molecular flexibility index (Phi) is 4.25. The van der Waals surface area contributed by atoms with Gasteiger partial charge in [0.05, 0.1) is 0 Å². The van der Waals surface area contributed by atoms with Crippen LogP contribution in [0.5, 0.6) is 0 Å². The molecule has 1 aromatic rings. The molecule has 0 spiro atoms. The molecular formula is C16H23NO2. The van der Waals surface area contributed by atoms with Crippen LogP contribution in [0.2, 0.25) is 0 Å². The normalized spacial score (nSPS) is 21.5. The van der Waals surface area contributed by atoms with E-state index in [-0.39, 0.29) is 12.1 Å². The first kappa shape index (κ1) is 14.1. The number of benzene rings is 1. The van der Waals surface area contributed by atoms with Gasteiger partial charge in [-0.15, -0.1) is 0 Å². The predicted octanol–water partition coefficient (Wildman–Crippen LogP) is 3.30. The number of carbonyl (C=O) groups is 1. The number of carboxylic acids is 1. The lowest BCUT2D eigenvalue weighted by Crippen LogP contribution is -2.38. The average molecular weight is 261 g/mol. The van der Waals surface area contributed by atoms with Crippen LogP contribution in [0.25, 0.3) is 0 Å². The third-order valence-electron chi connectivity index (χ3n) is 4.16. The molecule has 3 heteroatoms. The number of aryl methyl sites for hydroxylation is 2. The number of aliphatic carboxylic acids is 1. The Morgan fingerprint density at radius 2 is 2.21 bits per heavy atom. The van der Waals surface area contributed by atoms with Gasteiger partial charge in [-0.3, -0.25) is 9.69 Å². The van der Waals surface area contributed by atoms with Gasteiger partial charge in [-0.1, -0.05) is 30.7 Å². The van der Waals surface area contributed by atoms with Crippen molar-refractivity contribution in [3.8, 4) is 0 Å². The zero-order valence-corrected chi connectivity index (χ0v) is 12.0. The molecule has 0 aromatic heterocycles. The molecule has 104 valence electrons. The van der Waals surface area contributed by atoms with Crippen molar-refractivity contribution in [1.82, 2.24) is 4.90 Å². The lowest BCUT2D eigenvalue weighted by Gasteiger charge is -2.32. The number of hydrogen-bond donors (Lipinski definition) is 1. The fourth-order valence-electron chi connectivity index (χ4n) is 3.18. The molecule has 2 unspecified atom stereocenters. The van der Waals surface area contributed by atoms with Gasteiger partial charge in [-0.2, -0.15) is 0 Å². The highest BCUT2D eigenvalue weighted by Gasteiger charge is 2.35. The Balaban J connectivity index is 2.33. The minimum Gasteiger partial charge on any atom is -0.480 e. The highest BCUT2D eigenvalue weighted by atomic mass is 16.4. The monoisotopic (exact) mass is 261 g/mol. The SMILES string of the molecule is CCC(c1cc(C)ccc1C)N1CCCC1C(=O)O. The van der Waals surface area contributed by atoms with Gasteiger partial charge in [0, 0.05) is 6.04 Å². The Morgan fingerprint density at radius 3 is 2.84 bits per heavy atom. The summed E-state index contributed by atoms with van der Waals surface area (Å²) < 4.78 is 0. The first-order valence-corrected chi connectivity index (χ1v) is 7.10. The van der Waals surface area contributed by atoms with Crippen molar-refractivity contribution in [3.63, 3.8) is 0 Å². The third kappa shape index (κ3) is 2.81. The Hall–Kier alpha value is -1.35. The lowest BCUT2D eigenvalue weighted by molar-refractivity contribution is -0.143. The predicted molar refractivity (Wildman–Crippen MR) is 76.3 cm³/mol. The number of likely N-dealkylation sites (tertiary alicyclic amines) is 1. The van der Waals surface area contributed by atoms with E-state index in [9.17, 15) is 9.90 Å². The molecular weight excluding hydrogens is 238 g/mol. The Morgan fingerprint density at radius 1 is 1.47 bits per heavy atom. The fourth-order valence-corrected chi connectivity index (χ4v) is 3.18. The summed E-state index contributed by atoms with van der Waals surface area (Å²) >= 11 is 0. The van der Waals surface area contributed by atoms with E-state index in [0.29, 0.717) is 0 Å². The highest BCUT2D eigenvalue weighted by molar-refractivity contribution is 5.74. The summed E-state index contributed by atoms with van der Waals surface area (Å²) in [6.45, 7) is 7.24. The molecule has 1 saturated heterocycles. The van der Waals surface area contributed by atoms with Gasteiger partial charge in [-0.25, -0.2) is 0 Å². The van der Waals surface area contributed by atoms with E-state index in [0.717, 1.165) is 25.8 Å². The van der Waals surface area contributed by atoms with Crippen LogP contribution in [0.15, 0.2) is 18.2 Å². The third-order valence-corrected chi connectivity index (χ3v) is 4.16. The van der Waals surface area contributed by atoms with E-state index in [1.807, 2.05) is 0 Å². The summed E-state index contributed by atoms with van der Waals surface area (Å²) in [5.41, 5.74) is 3.79. The molecule has 0 amide bonds. The molecule has 2 rings (SSSR count). The van der Waals surface area contributed by atoms with Crippen LogP contribution < -0.4 is 0 Å². The summed E-state index contributed by atoms with van der Waals surface area (Å²) in [4.78, 5) is 13.5. The van der Waals surface area contributed by atoms with E-state index in [4.69, 9.17) is 0 Å². The van der Waals surface area contributed by atoms with Crippen molar-refractivity contribution < 1.29 is 9.90 Å². The standard InChI is InChI=1S/C16H23NO2/c1-4-14(13-10-11(2)7-8-12(13)3)17-9-5-6-15(17)16(18)19/h7-8,10,14-15H,4-6,9H2,1-3H3,(H,18,19). The molecule has 1 aliphatic rings. The number of hydrogen-bond acceptors (Lipinski definition) is 2. The molecule has 19 heavy (non-hydrogen) atoms. The van der Waals surface area contributed by atoms with Crippen LogP contribution in [0.3, 0.4) is 0 Å². The van der Waals surface area contributed by atoms with E-state index in [2.05, 4.69) is 43.9 Å². The minimum atomic E-state index is -0.679. The molecule has 0 radical (unpaired) electrons. The van der Waals surface area contributed by atoms with Crippen molar-refractivity contribution in [3.05, 3.63) is 34.9 Å². The van der Waals surface area contributed by atoms with Gasteiger partial charge in [0.25, 0.3) is 0 Å². The summed E-state index contributed by atoms with van der Waals surface area (Å²) in [6, 6.07) is 6.37. The molecule has 0 saturated carbocycles. The van der Waals surface area contributed by atoms with Crippen LogP contribution in [0, 0.1) is 13.8 Å². The molecule has 1 N–H and O–H groups in total. The summed E-state index contributed by atoms with van der Waals surface area (Å²) in [5.74, 6) is -0.679. The van der Waals surface area contributed by atoms with Gasteiger partial charge < -0.3 is 5.11 Å². The van der Waals surface area contributed by atoms with Crippen LogP contribution in [-0.2, 0) is 4.79 Å². The number of rotatable bonds is 4. The van der Waals surface area contributed by atoms with Crippen molar-refractivity contribution in [2.75, 3.05) is 6.54 Å². The summed E-state index contributed by atoms with van der Waals surface area (Å²) in [7, 11) is 0. The smallest absolute Gasteiger partial charge is 0.320 e. The van der Waals surface area contributed by atoms with Gasteiger partial charge in [0.1, 0.15) is 6.04 Å². The van der Waals surface area contributed by atoms with Crippen molar-refractivity contribution in [1.29, 1.82) is 0 Å². The summed E-state index contributed by atoms with van der Waals surface area (Å²) in [6.07, 6.45) is 2.71. The van der Waals surface area contributed by atoms with Crippen LogP contribution in [0.4, 0.5) is 0 Å². The molecule has 2 atom stereocenters. The highest BCUT2D eigenvalue weighted by Crippen LogP contribution is 2.33. The second kappa shape index (κ2) is 5.74. The zero-order chi connectivity index (χ0) is 14.0. The van der Waals surface area contributed by atoms with Crippen LogP contribution >= 0.6 is 0 Å². The van der Waals surface area contributed by atoms with Crippen LogP contribution in [0.1, 0.15) is 48.9 Å². The maximum atomic E-state index is 11.4. The number of nitrogens with zero attached hydrogens (tertiary/aromatic N) is 1. The largest absolute Gasteiger partial charge is 0.480 e. The minimum absolute atomic E-state index is 0.225. The van der Waals surface area contributed by atoms with E-state index >= 15 is 0 Å². The van der Waals surface area contributed by atoms with Crippen molar-refractivity contribution in [2.45, 2.75) is 52.1 Å². The molecule has 0 aliphatic carbocycles. The van der Waals surface area contributed by atoms with Crippen LogP contribution in [-0.4, -0.2) is 28.6 Å². The number of carboxylic acid groups (broad SMARTS) is 1. The van der Waals surface area contributed by atoms with Crippen molar-refractivity contribution >= 4 is 5.97 Å². The average Bonchev–Trinajstić information content (AvgIpc) is 2.84. The fraction of sp³-hybridized carbons (Fsp3) is 0.562.